The van der Waals surface area contributed by atoms with Gasteiger partial charge in [-0.1, -0.05) is 19.7 Å². The van der Waals surface area contributed by atoms with Crippen LogP contribution in [0.5, 0.6) is 0 Å². The number of ether oxygens (including phenoxy) is 14. The van der Waals surface area contributed by atoms with Crippen molar-refractivity contribution in [1.82, 2.24) is 10.6 Å². The Morgan fingerprint density at radius 1 is 0.419 bits per heavy atom. The molecular weight excluding hydrogens is 1300 g/mol. The van der Waals surface area contributed by atoms with Crippen LogP contribution in [0.15, 0.2) is 36.5 Å². The third-order valence-corrected chi connectivity index (χ3v) is 8.23. The molecule has 4 unspecified atom stereocenters. The second kappa shape index (κ2) is 65.4. The Bertz CT molecular complexity index is 1300. The van der Waals surface area contributed by atoms with E-state index in [2.05, 4.69) is 35.1 Å². The fourth-order valence-electron chi connectivity index (χ4n) is 4.42. The van der Waals surface area contributed by atoms with Crippen LogP contribution in [0.3, 0.4) is 0 Å². The van der Waals surface area contributed by atoms with Gasteiger partial charge in [-0.05, 0) is 27.8 Å². The number of likely N-dealkylation sites (N-methyl/N-ethyl adjacent to an activating group) is 1. The molecule has 8 N–H and O–H groups in total. The molecule has 25 nitrogen and oxygen atoms in total. The van der Waals surface area contributed by atoms with E-state index in [0.29, 0.717) is 176 Å². The average Bonchev–Trinajstić information content (AvgIpc) is 3.36. The summed E-state index contributed by atoms with van der Waals surface area (Å²) < 4.78 is 73.1. The maximum absolute atomic E-state index is 11.2. The zero-order valence-corrected chi connectivity index (χ0v) is 47.3. The van der Waals surface area contributed by atoms with Crippen molar-refractivity contribution in [2.24, 2.45) is 0 Å². The van der Waals surface area contributed by atoms with Crippen molar-refractivity contribution in [2.75, 3.05) is 205 Å². The Labute approximate surface area is 516 Å². The van der Waals surface area contributed by atoms with Crippen molar-refractivity contribution >= 4 is 17.8 Å². The fourth-order valence-corrected chi connectivity index (χ4v) is 4.42. The molecule has 0 rings (SSSR count). The van der Waals surface area contributed by atoms with Crippen molar-refractivity contribution in [1.29, 1.82) is 0 Å². The maximum atomic E-state index is 11.2. The molecule has 74 heavy (non-hydrogen) atoms. The number of aliphatic hydroxyl groups is 4. The van der Waals surface area contributed by atoms with Gasteiger partial charge in [-0.15, -0.1) is 13.1 Å². The molecule has 454 valence electrons. The molecule has 0 radical (unpaired) electrons. The Kier molecular flexibility index (Phi) is 73.2. The third-order valence-electron chi connectivity index (χ3n) is 8.23. The molecule has 0 saturated heterocycles. The van der Waals surface area contributed by atoms with Gasteiger partial charge in [0.15, 0.2) is 0 Å². The summed E-state index contributed by atoms with van der Waals surface area (Å²) in [6, 6.07) is 0. The van der Waals surface area contributed by atoms with Gasteiger partial charge >= 0.3 is 11.9 Å². The Hall–Kier alpha value is -0.0910. The molecule has 0 fully saturated rings. The van der Waals surface area contributed by atoms with Crippen LogP contribution in [0.1, 0.15) is 20.8 Å². The Balaban J connectivity index is -0.000000327. The summed E-state index contributed by atoms with van der Waals surface area (Å²) in [5.41, 5.74) is 14.8. The van der Waals surface area contributed by atoms with Crippen LogP contribution in [-0.4, -0.2) is 268 Å². The first kappa shape index (κ1) is 82.7. The van der Waals surface area contributed by atoms with Crippen molar-refractivity contribution in [3.63, 3.8) is 0 Å². The summed E-state index contributed by atoms with van der Waals surface area (Å²) in [5.74, 6) is -1.27. The number of carbonyl (C=O) groups is 3. The second-order valence-electron chi connectivity index (χ2n) is 14.9. The van der Waals surface area contributed by atoms with Crippen molar-refractivity contribution < 1.29 is 195 Å². The van der Waals surface area contributed by atoms with Crippen LogP contribution in [0, 0.1) is 93.8 Å². The molecule has 0 aliphatic heterocycles. The van der Waals surface area contributed by atoms with Gasteiger partial charge in [0.25, 0.3) is 0 Å². The van der Waals surface area contributed by atoms with Gasteiger partial charge in [0, 0.05) is 137 Å². The van der Waals surface area contributed by atoms with Crippen LogP contribution in [0.25, 0.3) is 11.5 Å². The normalized spacial score (nSPS) is 12.2. The topological polar surface area (TPSA) is 333 Å². The first-order valence-electron chi connectivity index (χ1n) is 23.9. The number of amides is 1. The Morgan fingerprint density at radius 2 is 0.689 bits per heavy atom. The summed E-state index contributed by atoms with van der Waals surface area (Å²) >= 11 is 0. The zero-order chi connectivity index (χ0) is 54.3. The quantitative estimate of drug-likeness (QED) is 0.0262. The molecular formula is C47H90N4O21Yb2-2. The number of aliphatic hydroxyl groups excluding tert-OH is 4. The van der Waals surface area contributed by atoms with Gasteiger partial charge < -0.3 is 109 Å². The maximum Gasteiger partial charge on any atom is 0.333 e. The Morgan fingerprint density at radius 3 is 0.973 bits per heavy atom. The minimum absolute atomic E-state index is 0. The van der Waals surface area contributed by atoms with Crippen molar-refractivity contribution in [2.45, 2.75) is 45.2 Å². The predicted octanol–water partition coefficient (Wildman–Crippen LogP) is -0.143. The number of hydrogen-bond acceptors (Lipinski definition) is 22. The summed E-state index contributed by atoms with van der Waals surface area (Å²) in [6.07, 6.45) is -5.89. The van der Waals surface area contributed by atoms with E-state index in [0.717, 1.165) is 0 Å². The van der Waals surface area contributed by atoms with E-state index in [1.165, 1.54) is 6.92 Å². The summed E-state index contributed by atoms with van der Waals surface area (Å²) in [5, 5.41) is 43.2. The van der Waals surface area contributed by atoms with Crippen LogP contribution < -0.4 is 10.6 Å². The van der Waals surface area contributed by atoms with Crippen LogP contribution in [0.4, 0.5) is 0 Å². The van der Waals surface area contributed by atoms with Crippen molar-refractivity contribution in [3.05, 3.63) is 47.9 Å². The number of nitrogens with one attached hydrogen (secondary N) is 4. The molecule has 4 atom stereocenters. The number of esters is 2. The smallest absolute Gasteiger partial charge is 0.333 e. The van der Waals surface area contributed by atoms with E-state index < -0.39 is 43.0 Å². The SMILES string of the molecule is C=C(C)C(=O)NCCOCCOCCOCCOCCOCCOCCOCC[NH-].C=C(C)C(=O)OCC(O)C(O)C(O)C(O)CNC.C=C(C)C(=O)OCCOCCOCCOCCOCCOCC[NH-].[Yb].[Yb]. The van der Waals surface area contributed by atoms with Gasteiger partial charge in [0.1, 0.15) is 31.5 Å². The standard InChI is InChI=1S/C20H39N2O8.C16H30NO7.C11H21NO6.2Yb/c1-19(2)20(23)22-4-6-25-8-10-27-12-14-29-16-18-30-17-15-28-13-11-26-9-7-24-5-3-21;1-15(2)16(18)24-14-13-23-12-11-22-10-9-21-8-7-20-6-5-19-4-3-17;1-6(2)11(17)18-5-8(14)10(16)9(15)7(13)4-12-3;;/h21H,1,3-18H2,2H3,(H,22,23);17H,1,3-14H2,2H3;7-10,12-16H,1,4-5H2,2-3H3;;/q2*-1;;;. The predicted molar refractivity (Wildman–Crippen MR) is 266 cm³/mol. The van der Waals surface area contributed by atoms with Crippen molar-refractivity contribution in [3.8, 4) is 0 Å². The molecule has 0 aromatic carbocycles. The summed E-state index contributed by atoms with van der Waals surface area (Å²) in [7, 11) is 1.56. The van der Waals surface area contributed by atoms with E-state index in [1.54, 1.807) is 20.9 Å². The van der Waals surface area contributed by atoms with Crippen LogP contribution >= 0.6 is 0 Å². The molecule has 0 aliphatic rings. The molecule has 0 spiro atoms. The van der Waals surface area contributed by atoms with E-state index in [-0.39, 0.29) is 132 Å². The van der Waals surface area contributed by atoms with Gasteiger partial charge in [-0.25, -0.2) is 9.59 Å². The average molecular weight is 1390 g/mol. The fraction of sp³-hybridized carbons (Fsp3) is 0.809. The molecule has 0 aromatic rings. The monoisotopic (exact) mass is 1390 g/mol. The van der Waals surface area contributed by atoms with E-state index in [9.17, 15) is 34.8 Å². The first-order chi connectivity index (χ1) is 34.7. The number of hydrogen-bond donors (Lipinski definition) is 6. The third kappa shape index (κ3) is 62.7. The second-order valence-corrected chi connectivity index (χ2v) is 14.9. The minimum atomic E-state index is -1.62. The van der Waals surface area contributed by atoms with Gasteiger partial charge in [0.05, 0.1) is 151 Å². The molecule has 0 aromatic heterocycles. The van der Waals surface area contributed by atoms with Gasteiger partial charge in [-0.2, -0.15) is 0 Å². The molecule has 0 aliphatic carbocycles. The molecule has 27 heteroatoms. The van der Waals surface area contributed by atoms with Gasteiger partial charge in [0.2, 0.25) is 5.91 Å². The van der Waals surface area contributed by atoms with E-state index in [4.69, 9.17) is 73.0 Å². The molecule has 1 amide bonds. The number of rotatable bonds is 50. The molecule has 0 heterocycles. The minimum Gasteiger partial charge on any atom is -0.676 e. The summed E-state index contributed by atoms with van der Waals surface area (Å²) in [4.78, 5) is 33.3. The first-order valence-corrected chi connectivity index (χ1v) is 23.9. The molecule has 0 saturated carbocycles. The summed E-state index contributed by atoms with van der Waals surface area (Å²) in [6.45, 7) is 27.5. The van der Waals surface area contributed by atoms with E-state index in [1.807, 2.05) is 0 Å². The largest absolute Gasteiger partial charge is 0.676 e. The number of carbonyl (C=O) groups excluding carboxylic acids is 3. The van der Waals surface area contributed by atoms with Gasteiger partial charge in [-0.3, -0.25) is 4.79 Å². The van der Waals surface area contributed by atoms with E-state index >= 15 is 0 Å². The zero-order valence-electron chi connectivity index (χ0n) is 43.9. The van der Waals surface area contributed by atoms with Crippen LogP contribution in [-0.2, 0) is 80.7 Å². The molecule has 0 bridgehead atoms. The van der Waals surface area contributed by atoms with Crippen LogP contribution in [0.2, 0.25) is 0 Å².